The van der Waals surface area contributed by atoms with Crippen molar-refractivity contribution in [2.24, 2.45) is 0 Å². The first-order chi connectivity index (χ1) is 12.0. The second kappa shape index (κ2) is 10.9. The molecule has 0 fully saturated rings. The Morgan fingerprint density at radius 3 is 2.44 bits per heavy atom. The van der Waals surface area contributed by atoms with Crippen molar-refractivity contribution >= 4 is 5.97 Å². The Labute approximate surface area is 151 Å². The molecule has 0 spiro atoms. The van der Waals surface area contributed by atoms with Crippen LogP contribution in [-0.2, 0) is 9.53 Å². The molecule has 1 aromatic rings. The van der Waals surface area contributed by atoms with Gasteiger partial charge in [0, 0.05) is 11.1 Å². The molecule has 0 atom stereocenters. The Bertz CT molecular complexity index is 724. The zero-order valence-corrected chi connectivity index (χ0v) is 15.2. The van der Waals surface area contributed by atoms with Crippen LogP contribution < -0.4 is 0 Å². The van der Waals surface area contributed by atoms with Gasteiger partial charge in [-0.2, -0.15) is 0 Å². The molecule has 25 heavy (non-hydrogen) atoms. The maximum Gasteiger partial charge on any atom is 0.309 e. The molecule has 2 heteroatoms. The fourth-order valence-electron chi connectivity index (χ4n) is 2.36. The average Bonchev–Trinajstić information content (AvgIpc) is 2.56. The quantitative estimate of drug-likeness (QED) is 0.276. The van der Waals surface area contributed by atoms with Gasteiger partial charge in [-0.3, -0.25) is 4.79 Å². The van der Waals surface area contributed by atoms with E-state index in [4.69, 9.17) is 4.74 Å². The lowest BCUT2D eigenvalue weighted by molar-refractivity contribution is -0.142. The summed E-state index contributed by atoms with van der Waals surface area (Å²) in [6.07, 6.45) is 3.27. The van der Waals surface area contributed by atoms with E-state index in [9.17, 15) is 4.79 Å². The van der Waals surface area contributed by atoms with Crippen LogP contribution in [0.5, 0.6) is 0 Å². The van der Waals surface area contributed by atoms with E-state index in [0.717, 1.165) is 27.9 Å². The molecule has 0 aliphatic rings. The molecule has 0 saturated carbocycles. The number of ether oxygens (including phenoxy) is 1. The first-order valence-electron chi connectivity index (χ1n) is 8.36. The minimum Gasteiger partial charge on any atom is -0.466 e. The zero-order chi connectivity index (χ0) is 18.7. The first kappa shape index (κ1) is 20.3. The van der Waals surface area contributed by atoms with Gasteiger partial charge in [0.2, 0.25) is 0 Å². The lowest BCUT2D eigenvalue weighted by Gasteiger charge is -2.13. The number of benzene rings is 1. The van der Waals surface area contributed by atoms with Crippen LogP contribution in [0.4, 0.5) is 0 Å². The summed E-state index contributed by atoms with van der Waals surface area (Å²) in [5, 5.41) is 0. The SMILES string of the molecule is C=CCC(=C)C/C(CC(=O)OCC)=C(\C#Cc1ccccc1)C(=C)C. The molecule has 130 valence electrons. The molecule has 0 aromatic heterocycles. The van der Waals surface area contributed by atoms with Gasteiger partial charge in [-0.15, -0.1) is 6.58 Å². The molecular weight excluding hydrogens is 308 g/mol. The summed E-state index contributed by atoms with van der Waals surface area (Å²) >= 11 is 0. The van der Waals surface area contributed by atoms with E-state index in [-0.39, 0.29) is 12.4 Å². The van der Waals surface area contributed by atoms with E-state index in [1.807, 2.05) is 37.3 Å². The van der Waals surface area contributed by atoms with Crippen LogP contribution in [0.15, 0.2) is 78.4 Å². The van der Waals surface area contributed by atoms with Gasteiger partial charge in [0.1, 0.15) is 0 Å². The molecule has 0 aliphatic heterocycles. The summed E-state index contributed by atoms with van der Waals surface area (Å²) in [6.45, 7) is 15.9. The number of carbonyl (C=O) groups is 1. The van der Waals surface area contributed by atoms with Gasteiger partial charge < -0.3 is 4.74 Å². The van der Waals surface area contributed by atoms with E-state index in [1.165, 1.54) is 0 Å². The Balaban J connectivity index is 3.25. The summed E-state index contributed by atoms with van der Waals surface area (Å²) in [5.41, 5.74) is 4.41. The fraction of sp³-hybridized carbons (Fsp3) is 0.261. The smallest absolute Gasteiger partial charge is 0.309 e. The molecule has 1 rings (SSSR count). The zero-order valence-electron chi connectivity index (χ0n) is 15.2. The molecule has 0 radical (unpaired) electrons. The van der Waals surface area contributed by atoms with Gasteiger partial charge in [-0.1, -0.05) is 54.8 Å². The van der Waals surface area contributed by atoms with E-state index in [1.54, 1.807) is 13.0 Å². The predicted octanol–water partition coefficient (Wildman–Crippen LogP) is 5.39. The molecule has 0 saturated heterocycles. The molecule has 0 N–H and O–H groups in total. The Morgan fingerprint density at radius 1 is 1.20 bits per heavy atom. The van der Waals surface area contributed by atoms with Gasteiger partial charge in [0.15, 0.2) is 0 Å². The second-order valence-electron chi connectivity index (χ2n) is 5.78. The third-order valence-electron chi connectivity index (χ3n) is 3.45. The Kier molecular flexibility index (Phi) is 8.82. The molecular formula is C23H26O2. The average molecular weight is 334 g/mol. The number of carbonyl (C=O) groups excluding carboxylic acids is 1. The van der Waals surface area contributed by atoms with E-state index < -0.39 is 0 Å². The van der Waals surface area contributed by atoms with Gasteiger partial charge >= 0.3 is 5.97 Å². The topological polar surface area (TPSA) is 26.3 Å². The molecule has 1 aromatic carbocycles. The van der Waals surface area contributed by atoms with Crippen LogP contribution in [0.25, 0.3) is 0 Å². The summed E-state index contributed by atoms with van der Waals surface area (Å²) in [7, 11) is 0. The van der Waals surface area contributed by atoms with Crippen molar-refractivity contribution in [2.75, 3.05) is 6.61 Å². The molecule has 0 bridgehead atoms. The van der Waals surface area contributed by atoms with E-state index in [2.05, 4.69) is 31.6 Å². The Hall–Kier alpha value is -2.79. The predicted molar refractivity (Wildman–Crippen MR) is 105 cm³/mol. The standard InChI is InChI=1S/C23H26O2/c1-6-11-19(5)16-21(17-23(24)25-7-2)22(18(3)4)15-14-20-12-9-8-10-13-20/h6,8-10,12-13H,1,3,5,7,11,16-17H2,2,4H3/b22-21-. The number of esters is 1. The maximum absolute atomic E-state index is 12.0. The minimum absolute atomic E-state index is 0.190. The Morgan fingerprint density at radius 2 is 1.88 bits per heavy atom. The summed E-state index contributed by atoms with van der Waals surface area (Å²) in [4.78, 5) is 12.0. The van der Waals surface area contributed by atoms with E-state index >= 15 is 0 Å². The summed E-state index contributed by atoms with van der Waals surface area (Å²) < 4.78 is 5.11. The third kappa shape index (κ3) is 7.54. The highest BCUT2D eigenvalue weighted by molar-refractivity contribution is 5.74. The largest absolute Gasteiger partial charge is 0.466 e. The van der Waals surface area contributed by atoms with Crippen LogP contribution in [0.1, 0.15) is 38.7 Å². The third-order valence-corrected chi connectivity index (χ3v) is 3.45. The highest BCUT2D eigenvalue weighted by Gasteiger charge is 2.13. The summed E-state index contributed by atoms with van der Waals surface area (Å²) in [6, 6.07) is 9.74. The van der Waals surface area contributed by atoms with Crippen molar-refractivity contribution in [3.63, 3.8) is 0 Å². The maximum atomic E-state index is 12.0. The second-order valence-corrected chi connectivity index (χ2v) is 5.78. The molecule has 0 heterocycles. The van der Waals surface area contributed by atoms with E-state index in [0.29, 0.717) is 19.4 Å². The fourth-order valence-corrected chi connectivity index (χ4v) is 2.36. The molecule has 2 nitrogen and oxygen atoms in total. The van der Waals surface area contributed by atoms with Crippen LogP contribution in [0.3, 0.4) is 0 Å². The molecule has 0 aliphatic carbocycles. The number of hydrogen-bond donors (Lipinski definition) is 0. The monoisotopic (exact) mass is 334 g/mol. The van der Waals surface area contributed by atoms with Crippen molar-refractivity contribution in [3.8, 4) is 11.8 Å². The molecule has 0 amide bonds. The lowest BCUT2D eigenvalue weighted by atomic mass is 9.93. The number of hydrogen-bond acceptors (Lipinski definition) is 2. The number of rotatable bonds is 8. The van der Waals surface area contributed by atoms with Crippen molar-refractivity contribution < 1.29 is 9.53 Å². The van der Waals surface area contributed by atoms with Crippen LogP contribution in [0, 0.1) is 11.8 Å². The van der Waals surface area contributed by atoms with Gasteiger partial charge in [0.25, 0.3) is 0 Å². The first-order valence-corrected chi connectivity index (χ1v) is 8.36. The van der Waals surface area contributed by atoms with Crippen LogP contribution in [0.2, 0.25) is 0 Å². The molecule has 0 unspecified atom stereocenters. The summed E-state index contributed by atoms with van der Waals surface area (Å²) in [5.74, 6) is 6.07. The highest BCUT2D eigenvalue weighted by Crippen LogP contribution is 2.24. The van der Waals surface area contributed by atoms with Crippen molar-refractivity contribution in [1.29, 1.82) is 0 Å². The van der Waals surface area contributed by atoms with Crippen LogP contribution >= 0.6 is 0 Å². The lowest BCUT2D eigenvalue weighted by Crippen LogP contribution is -2.07. The number of allylic oxidation sites excluding steroid dienone is 4. The van der Waals surface area contributed by atoms with Crippen molar-refractivity contribution in [1.82, 2.24) is 0 Å². The van der Waals surface area contributed by atoms with Gasteiger partial charge in [0.05, 0.1) is 13.0 Å². The van der Waals surface area contributed by atoms with Crippen LogP contribution in [-0.4, -0.2) is 12.6 Å². The van der Waals surface area contributed by atoms with Gasteiger partial charge in [-0.25, -0.2) is 0 Å². The van der Waals surface area contributed by atoms with Gasteiger partial charge in [-0.05, 0) is 50.0 Å². The normalized spacial score (nSPS) is 10.8. The van der Waals surface area contributed by atoms with Crippen molar-refractivity contribution in [3.05, 3.63) is 84.0 Å². The minimum atomic E-state index is -0.260. The highest BCUT2D eigenvalue weighted by atomic mass is 16.5. The van der Waals surface area contributed by atoms with Crippen molar-refractivity contribution in [2.45, 2.75) is 33.1 Å².